The molecule has 0 spiro atoms. The number of furan rings is 1. The molecule has 0 atom stereocenters. The van der Waals surface area contributed by atoms with Crippen LogP contribution in [0, 0.1) is 0 Å². The Morgan fingerprint density at radius 2 is 1.78 bits per heavy atom. The molecule has 2 aromatic heterocycles. The van der Waals surface area contributed by atoms with E-state index >= 15 is 0 Å². The number of fused-ring (bicyclic) bond motifs is 1. The van der Waals surface area contributed by atoms with Crippen LogP contribution in [0.2, 0.25) is 0 Å². The van der Waals surface area contributed by atoms with Gasteiger partial charge in [-0.15, -0.1) is 0 Å². The van der Waals surface area contributed by atoms with E-state index in [9.17, 15) is 4.79 Å². The van der Waals surface area contributed by atoms with Crippen molar-refractivity contribution in [3.05, 3.63) is 72.7 Å². The second kappa shape index (κ2) is 5.46. The zero-order valence-corrected chi connectivity index (χ0v) is 12.0. The van der Waals surface area contributed by atoms with Crippen LogP contribution in [0.3, 0.4) is 0 Å². The highest BCUT2D eigenvalue weighted by atomic mass is 16.3. The van der Waals surface area contributed by atoms with Crippen LogP contribution < -0.4 is 5.32 Å². The molecule has 0 aliphatic carbocycles. The summed E-state index contributed by atoms with van der Waals surface area (Å²) >= 11 is 0. The van der Waals surface area contributed by atoms with E-state index in [4.69, 9.17) is 8.83 Å². The van der Waals surface area contributed by atoms with Crippen LogP contribution in [0.15, 0.2) is 75.8 Å². The molecule has 1 amide bonds. The fraction of sp³-hybridized carbons (Fsp3) is 0. The lowest BCUT2D eigenvalue weighted by Crippen LogP contribution is -2.11. The number of para-hydroxylation sites is 3. The van der Waals surface area contributed by atoms with Crippen LogP contribution in [0.5, 0.6) is 0 Å². The zero-order valence-electron chi connectivity index (χ0n) is 12.0. The molecule has 4 aromatic rings. The summed E-state index contributed by atoms with van der Waals surface area (Å²) < 4.78 is 10.9. The predicted octanol–water partition coefficient (Wildman–Crippen LogP) is 4.34. The second-order valence-electron chi connectivity index (χ2n) is 4.96. The summed E-state index contributed by atoms with van der Waals surface area (Å²) in [6.45, 7) is 0. The number of nitrogens with zero attached hydrogens (tertiary/aromatic N) is 1. The van der Waals surface area contributed by atoms with Crippen LogP contribution in [0.1, 0.15) is 10.6 Å². The summed E-state index contributed by atoms with van der Waals surface area (Å²) in [5, 5.41) is 2.82. The Hall–Kier alpha value is -3.34. The number of aromatic nitrogens is 1. The molecule has 1 N–H and O–H groups in total. The lowest BCUT2D eigenvalue weighted by Gasteiger charge is -2.07. The van der Waals surface area contributed by atoms with Gasteiger partial charge in [-0.2, -0.15) is 0 Å². The van der Waals surface area contributed by atoms with Crippen molar-refractivity contribution in [3.8, 4) is 11.5 Å². The van der Waals surface area contributed by atoms with Gasteiger partial charge in [0.1, 0.15) is 5.52 Å². The predicted molar refractivity (Wildman–Crippen MR) is 86.1 cm³/mol. The molecule has 23 heavy (non-hydrogen) atoms. The summed E-state index contributed by atoms with van der Waals surface area (Å²) in [7, 11) is 0. The second-order valence-corrected chi connectivity index (χ2v) is 4.96. The third-order valence-corrected chi connectivity index (χ3v) is 3.44. The molecule has 5 heteroatoms. The molecule has 0 saturated heterocycles. The van der Waals surface area contributed by atoms with Gasteiger partial charge in [0.15, 0.2) is 11.3 Å². The number of hydrogen-bond acceptors (Lipinski definition) is 4. The van der Waals surface area contributed by atoms with Crippen molar-refractivity contribution in [2.45, 2.75) is 0 Å². The van der Waals surface area contributed by atoms with Crippen LogP contribution >= 0.6 is 0 Å². The van der Waals surface area contributed by atoms with E-state index < -0.39 is 0 Å². The molecule has 0 fully saturated rings. The first-order valence-corrected chi connectivity index (χ1v) is 7.11. The fourth-order valence-electron chi connectivity index (χ4n) is 2.36. The summed E-state index contributed by atoms with van der Waals surface area (Å²) in [4.78, 5) is 16.6. The van der Waals surface area contributed by atoms with Crippen molar-refractivity contribution < 1.29 is 13.6 Å². The Morgan fingerprint density at radius 1 is 0.957 bits per heavy atom. The smallest absolute Gasteiger partial charge is 0.291 e. The van der Waals surface area contributed by atoms with Crippen molar-refractivity contribution in [3.63, 3.8) is 0 Å². The maximum absolute atomic E-state index is 12.2. The molecule has 0 unspecified atom stereocenters. The van der Waals surface area contributed by atoms with Crippen molar-refractivity contribution >= 4 is 22.7 Å². The molecule has 112 valence electrons. The SMILES string of the molecule is O=C(Nc1ccccc1-c1nc2ccccc2o1)c1ccco1. The molecule has 0 bridgehead atoms. The van der Waals surface area contributed by atoms with Gasteiger partial charge in [0.05, 0.1) is 17.5 Å². The molecular weight excluding hydrogens is 292 g/mol. The maximum atomic E-state index is 12.2. The van der Waals surface area contributed by atoms with E-state index in [1.807, 2.05) is 42.5 Å². The largest absolute Gasteiger partial charge is 0.459 e. The molecule has 2 aromatic carbocycles. The highest BCUT2D eigenvalue weighted by molar-refractivity contribution is 6.04. The van der Waals surface area contributed by atoms with E-state index in [0.29, 0.717) is 22.7 Å². The van der Waals surface area contributed by atoms with E-state index in [0.717, 1.165) is 5.52 Å². The van der Waals surface area contributed by atoms with Gasteiger partial charge in [-0.3, -0.25) is 4.79 Å². The summed E-state index contributed by atoms with van der Waals surface area (Å²) in [6, 6.07) is 18.2. The molecule has 0 aliphatic heterocycles. The minimum Gasteiger partial charge on any atom is -0.459 e. The van der Waals surface area contributed by atoms with Crippen molar-refractivity contribution in [1.82, 2.24) is 4.98 Å². The number of amides is 1. The average molecular weight is 304 g/mol. The Morgan fingerprint density at radius 3 is 2.61 bits per heavy atom. The minimum atomic E-state index is -0.321. The number of benzene rings is 2. The van der Waals surface area contributed by atoms with E-state index in [1.54, 1.807) is 18.2 Å². The zero-order chi connectivity index (χ0) is 15.6. The van der Waals surface area contributed by atoms with E-state index in [2.05, 4.69) is 10.3 Å². The Bertz CT molecular complexity index is 938. The van der Waals surface area contributed by atoms with Crippen LogP contribution in [0.4, 0.5) is 5.69 Å². The monoisotopic (exact) mass is 304 g/mol. The summed E-state index contributed by atoms with van der Waals surface area (Å²) in [5.41, 5.74) is 2.80. The van der Waals surface area contributed by atoms with Gasteiger partial charge in [0.2, 0.25) is 5.89 Å². The van der Waals surface area contributed by atoms with Crippen molar-refractivity contribution in [2.24, 2.45) is 0 Å². The van der Waals surface area contributed by atoms with Gasteiger partial charge in [-0.25, -0.2) is 4.98 Å². The number of carbonyl (C=O) groups excluding carboxylic acids is 1. The van der Waals surface area contributed by atoms with Crippen molar-refractivity contribution in [2.75, 3.05) is 5.32 Å². The molecule has 0 aliphatic rings. The first kappa shape index (κ1) is 13.3. The Kier molecular flexibility index (Phi) is 3.16. The number of carbonyl (C=O) groups is 1. The number of oxazole rings is 1. The molecule has 2 heterocycles. The van der Waals surface area contributed by atoms with Gasteiger partial charge in [-0.05, 0) is 36.4 Å². The highest BCUT2D eigenvalue weighted by Gasteiger charge is 2.15. The first-order chi connectivity index (χ1) is 11.3. The Balaban J connectivity index is 1.73. The quantitative estimate of drug-likeness (QED) is 0.611. The number of nitrogens with one attached hydrogen (secondary N) is 1. The highest BCUT2D eigenvalue weighted by Crippen LogP contribution is 2.30. The van der Waals surface area contributed by atoms with Crippen molar-refractivity contribution in [1.29, 1.82) is 0 Å². The van der Waals surface area contributed by atoms with Gasteiger partial charge in [0, 0.05) is 0 Å². The third kappa shape index (κ3) is 2.48. The van der Waals surface area contributed by atoms with E-state index in [1.165, 1.54) is 6.26 Å². The Labute approximate surface area is 131 Å². The van der Waals surface area contributed by atoms with Gasteiger partial charge >= 0.3 is 0 Å². The third-order valence-electron chi connectivity index (χ3n) is 3.44. The molecule has 0 radical (unpaired) electrons. The van der Waals surface area contributed by atoms with Gasteiger partial charge < -0.3 is 14.2 Å². The van der Waals surface area contributed by atoms with E-state index in [-0.39, 0.29) is 11.7 Å². The fourth-order valence-corrected chi connectivity index (χ4v) is 2.36. The van der Waals surface area contributed by atoms with Gasteiger partial charge in [-0.1, -0.05) is 24.3 Å². The number of hydrogen-bond donors (Lipinski definition) is 1. The number of rotatable bonds is 3. The van der Waals surface area contributed by atoms with Crippen LogP contribution in [0.25, 0.3) is 22.6 Å². The topological polar surface area (TPSA) is 68.3 Å². The molecule has 0 saturated carbocycles. The van der Waals surface area contributed by atoms with Crippen LogP contribution in [-0.2, 0) is 0 Å². The lowest BCUT2D eigenvalue weighted by atomic mass is 10.1. The average Bonchev–Trinajstić information content (AvgIpc) is 3.25. The summed E-state index contributed by atoms with van der Waals surface area (Å²) in [5.74, 6) is 0.387. The maximum Gasteiger partial charge on any atom is 0.291 e. The summed E-state index contributed by atoms with van der Waals surface area (Å²) in [6.07, 6.45) is 1.46. The minimum absolute atomic E-state index is 0.248. The van der Waals surface area contributed by atoms with Gasteiger partial charge in [0.25, 0.3) is 5.91 Å². The first-order valence-electron chi connectivity index (χ1n) is 7.11. The number of anilines is 1. The van der Waals surface area contributed by atoms with Crippen LogP contribution in [-0.4, -0.2) is 10.9 Å². The normalized spacial score (nSPS) is 10.8. The standard InChI is InChI=1S/C18H12N2O3/c21-17(16-10-5-11-22-16)19-13-7-2-1-6-12(13)18-20-14-8-3-4-9-15(14)23-18/h1-11H,(H,19,21). The molecular formula is C18H12N2O3. The lowest BCUT2D eigenvalue weighted by molar-refractivity contribution is 0.0996. The molecule has 5 nitrogen and oxygen atoms in total. The molecule has 4 rings (SSSR count).